The van der Waals surface area contributed by atoms with Gasteiger partial charge in [0.25, 0.3) is 0 Å². The highest BCUT2D eigenvalue weighted by Gasteiger charge is 2.25. The summed E-state index contributed by atoms with van der Waals surface area (Å²) in [7, 11) is -2.46. The van der Waals surface area contributed by atoms with Gasteiger partial charge in [-0.15, -0.1) is 0 Å². The lowest BCUT2D eigenvalue weighted by Crippen LogP contribution is -2.46. The van der Waals surface area contributed by atoms with Gasteiger partial charge in [0.1, 0.15) is 48.9 Å². The molecule has 0 saturated carbocycles. The summed E-state index contributed by atoms with van der Waals surface area (Å²) in [5.74, 6) is -2.55. The maximum atomic E-state index is 12.3. The second-order valence-corrected chi connectivity index (χ2v) is 17.8. The summed E-state index contributed by atoms with van der Waals surface area (Å²) in [5, 5.41) is 72.6. The number of phenols is 2. The fourth-order valence-electron chi connectivity index (χ4n) is 7.26. The zero-order valence-electron chi connectivity index (χ0n) is 43.0. The van der Waals surface area contributed by atoms with Crippen LogP contribution < -0.4 is 21.4 Å². The van der Waals surface area contributed by atoms with Crippen molar-refractivity contribution in [1.29, 1.82) is 0 Å². The number of benzene rings is 6. The average molecular weight is 1030 g/mol. The van der Waals surface area contributed by atoms with Gasteiger partial charge in [-0.2, -0.15) is 0 Å². The number of aromatic hydroxyl groups is 2. The minimum absolute atomic E-state index is 0.120. The van der Waals surface area contributed by atoms with Crippen LogP contribution in [-0.2, 0) is 67.5 Å². The third-order valence-electron chi connectivity index (χ3n) is 10.7. The van der Waals surface area contributed by atoms with Gasteiger partial charge in [-0.3, -0.25) is 19.2 Å². The lowest BCUT2D eigenvalue weighted by molar-refractivity contribution is -0.147. The molecule has 0 radical (unpaired) electrons. The van der Waals surface area contributed by atoms with Gasteiger partial charge in [0.2, 0.25) is 0 Å². The lowest BCUT2D eigenvalue weighted by atomic mass is 9.86. The highest BCUT2D eigenvalue weighted by molar-refractivity contribution is 6.46. The third-order valence-corrected chi connectivity index (χ3v) is 10.7. The normalized spacial score (nSPS) is 12.0. The number of hydrogen-bond acceptors (Lipinski definition) is 15. The molecular formula is C55H69B3N4O13. The third kappa shape index (κ3) is 26.5. The van der Waals surface area contributed by atoms with E-state index in [0.717, 1.165) is 44.5 Å². The first-order chi connectivity index (χ1) is 35.7. The number of nitrogens with one attached hydrogen (secondary N) is 3. The van der Waals surface area contributed by atoms with Crippen LogP contribution in [0.5, 0.6) is 11.5 Å². The fraction of sp³-hybridized carbons (Fsp3) is 0.273. The molecule has 17 nitrogen and oxygen atoms in total. The van der Waals surface area contributed by atoms with Crippen molar-refractivity contribution < 1.29 is 64.2 Å². The van der Waals surface area contributed by atoms with Crippen LogP contribution in [0.1, 0.15) is 44.5 Å². The topological polar surface area (TPSA) is 290 Å². The minimum Gasteiger partial charge on any atom is -0.508 e. The number of ether oxygens (including phenoxy) is 2. The van der Waals surface area contributed by atoms with Gasteiger partial charge in [-0.05, 0) is 118 Å². The molecule has 6 aromatic carbocycles. The van der Waals surface area contributed by atoms with Crippen molar-refractivity contribution >= 4 is 45.0 Å². The van der Waals surface area contributed by atoms with Crippen LogP contribution in [0.2, 0.25) is 20.5 Å². The van der Waals surface area contributed by atoms with Crippen LogP contribution in [0, 0.1) is 13.8 Å². The minimum atomic E-state index is -1.04. The van der Waals surface area contributed by atoms with E-state index in [9.17, 15) is 34.3 Å². The van der Waals surface area contributed by atoms with Gasteiger partial charge in [0.05, 0.1) is 0 Å². The number of aryl methyl sites for hydroxylation is 2. The predicted molar refractivity (Wildman–Crippen MR) is 291 cm³/mol. The molecule has 0 fully saturated rings. The molecule has 0 aromatic heterocycles. The summed E-state index contributed by atoms with van der Waals surface area (Å²) < 4.78 is 10.7. The molecule has 0 amide bonds. The Morgan fingerprint density at radius 3 is 1.11 bits per heavy atom. The molecule has 0 aliphatic heterocycles. The second kappa shape index (κ2) is 33.5. The number of carboxylic acid groups (broad SMARTS) is 2. The van der Waals surface area contributed by atoms with Crippen LogP contribution in [0.4, 0.5) is 0 Å². The van der Waals surface area contributed by atoms with Crippen molar-refractivity contribution in [2.45, 2.75) is 97.4 Å². The Bertz CT molecular complexity index is 2540. The Morgan fingerprint density at radius 2 is 0.773 bits per heavy atom. The lowest BCUT2D eigenvalue weighted by Gasteiger charge is -2.18. The number of phenolic OH excluding ortho intramolecular Hbond substituents is 2. The summed E-state index contributed by atoms with van der Waals surface area (Å²) in [6.07, 6.45) is 1.37. The number of aliphatic carboxylic acids is 2. The molecule has 0 aliphatic carbocycles. The molecule has 20 heteroatoms. The summed E-state index contributed by atoms with van der Waals surface area (Å²) in [6, 6.07) is 44.7. The fourth-order valence-corrected chi connectivity index (χ4v) is 7.26. The Labute approximate surface area is 440 Å². The van der Waals surface area contributed by atoms with Gasteiger partial charge >= 0.3 is 45.0 Å². The van der Waals surface area contributed by atoms with E-state index >= 15 is 0 Å². The van der Waals surface area contributed by atoms with E-state index in [1.807, 2.05) is 123 Å². The number of nitrogens with two attached hydrogens (primary N) is 1. The molecule has 0 saturated heterocycles. The molecule has 75 heavy (non-hydrogen) atoms. The van der Waals surface area contributed by atoms with Crippen LogP contribution in [0.15, 0.2) is 158 Å². The number of hydrogen-bond donors (Lipinski definition) is 11. The molecule has 0 heterocycles. The first-order valence-corrected chi connectivity index (χ1v) is 24.3. The molecular weight excluding hydrogens is 957 g/mol. The highest BCUT2D eigenvalue weighted by Crippen LogP contribution is 2.15. The smallest absolute Gasteiger partial charge is 0.374 e. The standard InChI is InChI=1S/C18H22BNO3.C17H20BNO4.C11H16BNO3.C9H11NO3/c1-14-7-6-10-16(11-14)12-17(20-19(2)22)18(21)23-13-15-8-4-3-5-9-15;1-18(22)19-16(11-14-8-5-9-15(20)10-14)17(21)23-12-13-6-3-2-4-7-13;1-8-4-3-5-9(6-8)7-10(11(14)15)13-12(2)16;10-8(9(12)13)5-6-2-1-3-7(11)4-6/h3-11,17,20,22H,12-13H2,1-2H3;2-10,16,19-20,22H,11-12H2,1H3;3-6,10,13,16H,7H2,1-2H3,(H,14,15);1-4,8,11H,5,10H2,(H,12,13). The SMILES string of the molecule is CB(O)NC(Cc1cccc(C)c1)C(=O)O.CB(O)NC(Cc1cccc(C)c1)C(=O)OCc1ccccc1.CB(O)NC(Cc1cccc(O)c1)C(=O)OCc1ccccc1.NC(Cc1cccc(O)c1)C(=O)O. The van der Waals surface area contributed by atoms with Crippen molar-refractivity contribution in [3.05, 3.63) is 202 Å². The van der Waals surface area contributed by atoms with Crippen molar-refractivity contribution in [2.24, 2.45) is 5.73 Å². The molecule has 6 rings (SSSR count). The summed E-state index contributed by atoms with van der Waals surface area (Å²) in [6.45, 7) is 9.01. The van der Waals surface area contributed by atoms with Gasteiger partial charge in [-0.25, -0.2) is 0 Å². The van der Waals surface area contributed by atoms with E-state index in [1.165, 1.54) is 19.0 Å². The van der Waals surface area contributed by atoms with Gasteiger partial charge < -0.3 is 66.4 Å². The summed E-state index contributed by atoms with van der Waals surface area (Å²) >= 11 is 0. The maximum Gasteiger partial charge on any atom is 0.374 e. The van der Waals surface area contributed by atoms with Crippen molar-refractivity contribution in [2.75, 3.05) is 0 Å². The van der Waals surface area contributed by atoms with Crippen molar-refractivity contribution in [3.8, 4) is 11.5 Å². The zero-order chi connectivity index (χ0) is 55.3. The Morgan fingerprint density at radius 1 is 0.453 bits per heavy atom. The molecule has 4 atom stereocenters. The number of carbonyl (C=O) groups excluding carboxylic acids is 2. The zero-order valence-corrected chi connectivity index (χ0v) is 43.0. The Balaban J connectivity index is 0.000000270. The molecule has 396 valence electrons. The van der Waals surface area contributed by atoms with E-state index in [4.69, 9.17) is 35.6 Å². The average Bonchev–Trinajstić information content (AvgIpc) is 3.35. The number of carbonyl (C=O) groups is 4. The van der Waals surface area contributed by atoms with E-state index in [1.54, 1.807) is 50.0 Å². The second-order valence-electron chi connectivity index (χ2n) is 17.8. The van der Waals surface area contributed by atoms with E-state index in [0.29, 0.717) is 19.3 Å². The monoisotopic (exact) mass is 1030 g/mol. The van der Waals surface area contributed by atoms with Crippen molar-refractivity contribution in [3.63, 3.8) is 0 Å². The first-order valence-electron chi connectivity index (χ1n) is 24.3. The van der Waals surface area contributed by atoms with Crippen molar-refractivity contribution in [1.82, 2.24) is 15.7 Å². The maximum absolute atomic E-state index is 12.3. The number of carboxylic acids is 2. The van der Waals surface area contributed by atoms with E-state index in [2.05, 4.69) is 15.7 Å². The van der Waals surface area contributed by atoms with Crippen LogP contribution in [0.25, 0.3) is 0 Å². The molecule has 6 aromatic rings. The van der Waals surface area contributed by atoms with E-state index in [-0.39, 0.29) is 37.1 Å². The molecule has 0 spiro atoms. The van der Waals surface area contributed by atoms with Crippen LogP contribution in [-0.4, -0.2) is 105 Å². The van der Waals surface area contributed by atoms with Gasteiger partial charge in [0.15, 0.2) is 0 Å². The molecule has 12 N–H and O–H groups in total. The first kappa shape index (κ1) is 62.0. The number of esters is 2. The van der Waals surface area contributed by atoms with Gasteiger partial charge in [-0.1, -0.05) is 145 Å². The molecule has 0 aliphatic rings. The predicted octanol–water partition coefficient (Wildman–Crippen LogP) is 5.13. The molecule has 0 bridgehead atoms. The quantitative estimate of drug-likeness (QED) is 0.0310. The highest BCUT2D eigenvalue weighted by atomic mass is 16.5. The van der Waals surface area contributed by atoms with Crippen LogP contribution in [0.3, 0.4) is 0 Å². The summed E-state index contributed by atoms with van der Waals surface area (Å²) in [4.78, 5) is 46.0. The Hall–Kier alpha value is -7.29. The molecule has 4 unspecified atom stereocenters. The largest absolute Gasteiger partial charge is 0.508 e. The van der Waals surface area contributed by atoms with Gasteiger partial charge in [0, 0.05) is 0 Å². The van der Waals surface area contributed by atoms with Crippen LogP contribution >= 0.6 is 0 Å². The summed E-state index contributed by atoms with van der Waals surface area (Å²) in [5.41, 5.74) is 12.9. The Kier molecular flexibility index (Phi) is 27.7. The number of rotatable bonds is 22. The van der Waals surface area contributed by atoms with E-state index < -0.39 is 63.2 Å².